The lowest BCUT2D eigenvalue weighted by Gasteiger charge is -2.05. The van der Waals surface area contributed by atoms with Crippen LogP contribution < -0.4 is 5.63 Å². The fourth-order valence-corrected chi connectivity index (χ4v) is 4.55. The fraction of sp³-hybridized carbons (Fsp3) is 0.571. The molecule has 0 saturated heterocycles. The van der Waals surface area contributed by atoms with Crippen molar-refractivity contribution in [1.29, 1.82) is 0 Å². The van der Waals surface area contributed by atoms with Crippen LogP contribution in [-0.2, 0) is 12.8 Å². The molecule has 2 aliphatic rings. The maximum atomic E-state index is 12.2. The molecule has 0 atom stereocenters. The molecule has 0 radical (unpaired) electrons. The second-order valence-corrected chi connectivity index (χ2v) is 6.44. The summed E-state index contributed by atoms with van der Waals surface area (Å²) in [6.07, 6.45) is 7.99. The van der Waals surface area contributed by atoms with Gasteiger partial charge in [0.2, 0.25) is 5.89 Å². The predicted molar refractivity (Wildman–Crippen MR) is 71.4 cm³/mol. The van der Waals surface area contributed by atoms with Gasteiger partial charge in [0, 0.05) is 10.8 Å². The van der Waals surface area contributed by atoms with E-state index in [1.165, 1.54) is 29.7 Å². The Morgan fingerprint density at radius 1 is 1.17 bits per heavy atom. The van der Waals surface area contributed by atoms with Crippen molar-refractivity contribution in [2.75, 3.05) is 0 Å². The quantitative estimate of drug-likeness (QED) is 0.790. The number of nitrogens with zero attached hydrogens (tertiary/aromatic N) is 1. The van der Waals surface area contributed by atoms with Crippen molar-refractivity contribution in [2.24, 2.45) is 0 Å². The van der Waals surface area contributed by atoms with Gasteiger partial charge in [-0.05, 0) is 37.7 Å². The van der Waals surface area contributed by atoms with E-state index in [1.807, 2.05) is 0 Å². The second kappa shape index (κ2) is 3.92. The van der Waals surface area contributed by atoms with Crippen molar-refractivity contribution in [3.8, 4) is 0 Å². The zero-order valence-electron chi connectivity index (χ0n) is 10.2. The molecule has 0 spiro atoms. The topological polar surface area (TPSA) is 43.1 Å². The van der Waals surface area contributed by atoms with Gasteiger partial charge < -0.3 is 4.42 Å². The van der Waals surface area contributed by atoms with E-state index in [9.17, 15) is 4.79 Å². The lowest BCUT2D eigenvalue weighted by molar-refractivity contribution is 0.407. The lowest BCUT2D eigenvalue weighted by Crippen LogP contribution is -2.07. The Hall–Kier alpha value is -1.16. The number of hydrogen-bond acceptors (Lipinski definition) is 4. The predicted octanol–water partition coefficient (Wildman–Crippen LogP) is 3.40. The summed E-state index contributed by atoms with van der Waals surface area (Å²) in [6.45, 7) is 0. The summed E-state index contributed by atoms with van der Waals surface area (Å²) in [5, 5.41) is 0.772. The first-order valence-electron chi connectivity index (χ1n) is 6.78. The Labute approximate surface area is 109 Å². The van der Waals surface area contributed by atoms with Crippen LogP contribution in [0.2, 0.25) is 0 Å². The Kier molecular flexibility index (Phi) is 2.34. The molecular weight excluding hydrogens is 246 g/mol. The summed E-state index contributed by atoms with van der Waals surface area (Å²) in [6, 6.07) is 0. The average Bonchev–Trinajstić information content (AvgIpc) is 3.04. The van der Waals surface area contributed by atoms with Crippen molar-refractivity contribution in [2.45, 2.75) is 50.9 Å². The summed E-state index contributed by atoms with van der Waals surface area (Å²) >= 11 is 1.70. The molecule has 0 amide bonds. The van der Waals surface area contributed by atoms with Crippen LogP contribution in [0.15, 0.2) is 9.21 Å². The van der Waals surface area contributed by atoms with Gasteiger partial charge in [-0.1, -0.05) is 12.8 Å². The highest BCUT2D eigenvalue weighted by Gasteiger charge is 2.26. The van der Waals surface area contributed by atoms with Crippen molar-refractivity contribution in [3.63, 3.8) is 0 Å². The van der Waals surface area contributed by atoms with Crippen LogP contribution in [0.3, 0.4) is 0 Å². The van der Waals surface area contributed by atoms with E-state index in [4.69, 9.17) is 4.42 Å². The molecule has 3 nitrogen and oxygen atoms in total. The molecule has 0 unspecified atom stereocenters. The molecule has 94 valence electrons. The van der Waals surface area contributed by atoms with E-state index in [0.717, 1.165) is 35.9 Å². The average molecular weight is 261 g/mol. The molecule has 1 saturated carbocycles. The highest BCUT2D eigenvalue weighted by Crippen LogP contribution is 2.37. The molecule has 1 fully saturated rings. The van der Waals surface area contributed by atoms with Crippen molar-refractivity contribution in [1.82, 2.24) is 4.98 Å². The van der Waals surface area contributed by atoms with Crippen LogP contribution in [0.25, 0.3) is 10.2 Å². The van der Waals surface area contributed by atoms with Crippen molar-refractivity contribution in [3.05, 3.63) is 26.8 Å². The van der Waals surface area contributed by atoms with Gasteiger partial charge in [0.1, 0.15) is 10.2 Å². The first kappa shape index (κ1) is 10.7. The van der Waals surface area contributed by atoms with Gasteiger partial charge >= 0.3 is 5.63 Å². The standard InChI is InChI=1S/C14H15NO2S/c16-14-11-9-6-3-7-10(9)18-13(11)15-12(17-14)8-4-1-2-5-8/h8H,1-7H2. The maximum Gasteiger partial charge on any atom is 0.348 e. The van der Waals surface area contributed by atoms with Crippen LogP contribution in [0, 0.1) is 0 Å². The van der Waals surface area contributed by atoms with Crippen LogP contribution in [0.4, 0.5) is 0 Å². The van der Waals surface area contributed by atoms with Crippen LogP contribution in [0.1, 0.15) is 54.4 Å². The minimum absolute atomic E-state index is 0.152. The SMILES string of the molecule is O=c1oc(C2CCCC2)nc2sc3c(c12)CCC3. The van der Waals surface area contributed by atoms with Gasteiger partial charge in [0.05, 0.1) is 0 Å². The van der Waals surface area contributed by atoms with Gasteiger partial charge in [-0.15, -0.1) is 11.3 Å². The number of aryl methyl sites for hydroxylation is 2. The largest absolute Gasteiger partial charge is 0.408 e. The number of fused-ring (bicyclic) bond motifs is 3. The zero-order chi connectivity index (χ0) is 12.1. The smallest absolute Gasteiger partial charge is 0.348 e. The number of aromatic nitrogens is 1. The fourth-order valence-electron chi connectivity index (χ4n) is 3.30. The molecule has 2 aliphatic carbocycles. The third-order valence-electron chi connectivity index (χ3n) is 4.22. The monoisotopic (exact) mass is 261 g/mol. The van der Waals surface area contributed by atoms with Crippen LogP contribution in [0.5, 0.6) is 0 Å². The third kappa shape index (κ3) is 1.48. The number of rotatable bonds is 1. The van der Waals surface area contributed by atoms with Crippen LogP contribution in [-0.4, -0.2) is 4.98 Å². The van der Waals surface area contributed by atoms with Gasteiger partial charge in [0.25, 0.3) is 0 Å². The summed E-state index contributed by atoms with van der Waals surface area (Å²) in [4.78, 5) is 19.1. The molecule has 0 aliphatic heterocycles. The molecular formula is C14H15NO2S. The van der Waals surface area contributed by atoms with E-state index < -0.39 is 0 Å². The normalized spacial score (nSPS) is 19.8. The van der Waals surface area contributed by atoms with E-state index >= 15 is 0 Å². The molecule has 2 aromatic rings. The van der Waals surface area contributed by atoms with Crippen molar-refractivity contribution >= 4 is 21.6 Å². The molecule has 0 bridgehead atoms. The van der Waals surface area contributed by atoms with E-state index in [2.05, 4.69) is 4.98 Å². The van der Waals surface area contributed by atoms with E-state index in [0.29, 0.717) is 11.8 Å². The van der Waals surface area contributed by atoms with E-state index in [1.54, 1.807) is 11.3 Å². The molecule has 0 aromatic carbocycles. The zero-order valence-corrected chi connectivity index (χ0v) is 11.0. The second-order valence-electron chi connectivity index (χ2n) is 5.36. The van der Waals surface area contributed by atoms with E-state index in [-0.39, 0.29) is 5.63 Å². The first-order chi connectivity index (χ1) is 8.83. The molecule has 4 heteroatoms. The summed E-state index contributed by atoms with van der Waals surface area (Å²) in [5.41, 5.74) is 1.07. The van der Waals surface area contributed by atoms with Crippen LogP contribution >= 0.6 is 11.3 Å². The van der Waals surface area contributed by atoms with Crippen molar-refractivity contribution < 1.29 is 4.42 Å². The highest BCUT2D eigenvalue weighted by molar-refractivity contribution is 7.18. The Morgan fingerprint density at radius 2 is 2.00 bits per heavy atom. The lowest BCUT2D eigenvalue weighted by atomic mass is 10.1. The Balaban J connectivity index is 1.91. The third-order valence-corrected chi connectivity index (χ3v) is 5.41. The Morgan fingerprint density at radius 3 is 2.83 bits per heavy atom. The number of hydrogen-bond donors (Lipinski definition) is 0. The minimum atomic E-state index is -0.152. The van der Waals surface area contributed by atoms with Gasteiger partial charge in [-0.25, -0.2) is 9.78 Å². The summed E-state index contributed by atoms with van der Waals surface area (Å²) < 4.78 is 5.50. The molecule has 0 N–H and O–H groups in total. The summed E-state index contributed by atoms with van der Waals surface area (Å²) in [7, 11) is 0. The highest BCUT2D eigenvalue weighted by atomic mass is 32.1. The molecule has 18 heavy (non-hydrogen) atoms. The maximum absolute atomic E-state index is 12.2. The number of thiophene rings is 1. The first-order valence-corrected chi connectivity index (χ1v) is 7.60. The molecule has 2 heterocycles. The minimum Gasteiger partial charge on any atom is -0.408 e. The van der Waals surface area contributed by atoms with Gasteiger partial charge in [-0.3, -0.25) is 0 Å². The van der Waals surface area contributed by atoms with Gasteiger partial charge in [-0.2, -0.15) is 0 Å². The molecule has 2 aromatic heterocycles. The summed E-state index contributed by atoms with van der Waals surface area (Å²) in [5.74, 6) is 1.06. The van der Waals surface area contributed by atoms with Gasteiger partial charge in [0.15, 0.2) is 0 Å². The molecule has 4 rings (SSSR count). The Bertz CT molecular complexity index is 664.